The Labute approximate surface area is 547 Å². The Bertz CT molecular complexity index is 2480. The molecule has 0 spiro atoms. The molecule has 0 aliphatic carbocycles. The van der Waals surface area contributed by atoms with Gasteiger partial charge in [0.25, 0.3) is 14.2 Å². The number of imide groups is 1. The topological polar surface area (TPSA) is 165 Å². The van der Waals surface area contributed by atoms with Crippen molar-refractivity contribution in [3.8, 4) is 11.5 Å². The number of hydrogen-bond donors (Lipinski definition) is 0. The normalized spacial score (nSPS) is 20.8. The molecule has 1 saturated heterocycles. The smallest absolute Gasteiger partial charge is 0.418 e. The summed E-state index contributed by atoms with van der Waals surface area (Å²) in [6.45, 7) is 69.1. The van der Waals surface area contributed by atoms with E-state index in [2.05, 4.69) is 188 Å². The number of esters is 1. The van der Waals surface area contributed by atoms with Crippen LogP contribution in [0.3, 0.4) is 0 Å². The van der Waals surface area contributed by atoms with Crippen LogP contribution in [0, 0.1) is 18.3 Å². The summed E-state index contributed by atoms with van der Waals surface area (Å²) in [5, 5.41) is -0.558. The molecule has 0 N–H and O–H groups in total. The van der Waals surface area contributed by atoms with Crippen molar-refractivity contribution in [2.75, 3.05) is 47.6 Å². The van der Waals surface area contributed by atoms with Gasteiger partial charge in [-0.25, -0.2) is 14.5 Å². The number of ether oxygens (including phenoxy) is 9. The molecule has 1 aromatic carbocycles. The first-order valence-corrected chi connectivity index (χ1v) is 52.7. The second-order valence-corrected chi connectivity index (χ2v) is 65.7. The molecule has 0 radical (unpaired) electrons. The summed E-state index contributed by atoms with van der Waals surface area (Å²) in [6.07, 6.45) is -6.36. The number of carbonyl (C=O) groups is 3. The quantitative estimate of drug-likeness (QED) is 0.0214. The Morgan fingerprint density at radius 2 is 1.24 bits per heavy atom. The highest BCUT2D eigenvalue weighted by Crippen LogP contribution is 2.50. The largest absolute Gasteiger partial charge is 0.543 e. The van der Waals surface area contributed by atoms with Crippen LogP contribution in [0.5, 0.6) is 11.5 Å². The lowest BCUT2D eigenvalue weighted by Crippen LogP contribution is -2.63. The number of rotatable bonds is 33. The number of cyclic esters (lactones) is 1. The number of amides is 2. The first kappa shape index (κ1) is 81.2. The highest BCUT2D eigenvalue weighted by atomic mass is 28.4. The summed E-state index contributed by atoms with van der Waals surface area (Å²) < 4.78 is 80.2. The van der Waals surface area contributed by atoms with E-state index in [1.807, 2.05) is 19.9 Å². The molecule has 9 atom stereocenters. The third-order valence-corrected chi connectivity index (χ3v) is 38.1. The van der Waals surface area contributed by atoms with Gasteiger partial charge in [-0.2, -0.15) is 0 Å². The number of methoxy groups -OCH3 is 2. The molecule has 22 heteroatoms. The average molecular weight is 1360 g/mol. The maximum atomic E-state index is 15.8. The van der Waals surface area contributed by atoms with Gasteiger partial charge < -0.3 is 55.9 Å². The maximum Gasteiger partial charge on any atom is 0.418 e. The van der Waals surface area contributed by atoms with Crippen molar-refractivity contribution in [2.24, 2.45) is 11.3 Å². The van der Waals surface area contributed by atoms with Crippen LogP contribution in [0.2, 0.25) is 131 Å². The molecule has 1 fully saturated rings. The van der Waals surface area contributed by atoms with Gasteiger partial charge in [0.2, 0.25) is 0 Å². The Morgan fingerprint density at radius 1 is 0.719 bits per heavy atom. The molecule has 0 saturated carbocycles. The zero-order valence-corrected chi connectivity index (χ0v) is 68.0. The van der Waals surface area contributed by atoms with E-state index >= 15 is 14.4 Å². The predicted octanol–water partition coefficient (Wildman–Crippen LogP) is 17.1. The lowest BCUT2D eigenvalue weighted by Gasteiger charge is -2.54. The second kappa shape index (κ2) is 31.7. The summed E-state index contributed by atoms with van der Waals surface area (Å²) in [6, 6.07) is 4.43. The monoisotopic (exact) mass is 1360 g/mol. The highest BCUT2D eigenvalue weighted by Gasteiger charge is 2.56. The minimum atomic E-state index is -2.63. The number of carbonyl (C=O) groups excluding carboxylic acids is 3. The third-order valence-electron chi connectivity index (χ3n) is 19.6. The lowest BCUT2D eigenvalue weighted by molar-refractivity contribution is -0.230. The van der Waals surface area contributed by atoms with E-state index in [-0.39, 0.29) is 54.1 Å². The Morgan fingerprint density at radius 3 is 1.72 bits per heavy atom. The van der Waals surface area contributed by atoms with Crippen LogP contribution in [-0.4, -0.2) is 169 Å². The minimum absolute atomic E-state index is 0.0647. The number of nitrogens with zero attached hydrogens (tertiary/aromatic N) is 1. The van der Waals surface area contributed by atoms with Crippen molar-refractivity contribution in [1.29, 1.82) is 0 Å². The Hall–Kier alpha value is -2.05. The average Bonchev–Trinajstić information content (AvgIpc) is 0.832. The summed E-state index contributed by atoms with van der Waals surface area (Å²) >= 11 is 0. The van der Waals surface area contributed by atoms with Crippen LogP contribution >= 0.6 is 0 Å². The molecular weight excluding hydrogens is 1230 g/mol. The molecule has 0 unspecified atom stereocenters. The molecule has 1 aromatic rings. The fourth-order valence-electron chi connectivity index (χ4n) is 9.96. The first-order valence-electron chi connectivity index (χ1n) is 32.9. The van der Waals surface area contributed by atoms with Gasteiger partial charge in [-0.3, -0.25) is 4.79 Å². The van der Waals surface area contributed by atoms with Gasteiger partial charge in [-0.15, -0.1) is 6.58 Å². The second-order valence-electron chi connectivity index (χ2n) is 34.6. The van der Waals surface area contributed by atoms with E-state index in [1.54, 1.807) is 0 Å². The first-order chi connectivity index (χ1) is 40.2. The van der Waals surface area contributed by atoms with Crippen LogP contribution in [0.25, 0.3) is 0 Å². The lowest BCUT2D eigenvalue weighted by atomic mass is 9.72. The van der Waals surface area contributed by atoms with Crippen molar-refractivity contribution >= 4 is 67.1 Å². The van der Waals surface area contributed by atoms with Crippen LogP contribution in [0.1, 0.15) is 131 Å². The van der Waals surface area contributed by atoms with Crippen molar-refractivity contribution in [1.82, 2.24) is 4.90 Å². The van der Waals surface area contributed by atoms with Crippen LogP contribution in [0.15, 0.2) is 18.2 Å². The zero-order chi connectivity index (χ0) is 68.6. The van der Waals surface area contributed by atoms with Gasteiger partial charge in [-0.1, -0.05) is 148 Å². The van der Waals surface area contributed by atoms with E-state index in [0.717, 1.165) is 33.7 Å². The minimum Gasteiger partial charge on any atom is -0.543 e. The molecule has 89 heavy (non-hydrogen) atoms. The molecule has 0 bridgehead atoms. The Balaban J connectivity index is 2.37. The fraction of sp³-hybridized carbons (Fsp3) is 0.836. The van der Waals surface area contributed by atoms with Gasteiger partial charge >= 0.3 is 12.1 Å². The Kier molecular flexibility index (Phi) is 28.9. The van der Waals surface area contributed by atoms with E-state index < -0.39 is 122 Å². The van der Waals surface area contributed by atoms with Gasteiger partial charge in [-0.05, 0) is 110 Å². The number of fused-ring (bicyclic) bond motifs is 1. The molecular formula is C67H129NO15Si6. The summed E-state index contributed by atoms with van der Waals surface area (Å²) in [5.74, 6) is -0.485. The molecule has 3 rings (SSSR count). The zero-order valence-electron chi connectivity index (χ0n) is 62.0. The molecule has 2 aliphatic heterocycles. The summed E-state index contributed by atoms with van der Waals surface area (Å²) in [4.78, 5) is 46.9. The number of hydrogen-bond acceptors (Lipinski definition) is 15. The van der Waals surface area contributed by atoms with E-state index in [9.17, 15) is 0 Å². The maximum absolute atomic E-state index is 15.8. The predicted molar refractivity (Wildman–Crippen MR) is 378 cm³/mol. The van der Waals surface area contributed by atoms with Gasteiger partial charge in [0.15, 0.2) is 35.8 Å². The van der Waals surface area contributed by atoms with E-state index in [1.165, 1.54) is 14.2 Å². The van der Waals surface area contributed by atoms with Gasteiger partial charge in [0.05, 0.1) is 31.0 Å². The fourth-order valence-corrected chi connectivity index (χ4v) is 16.1. The molecule has 2 heterocycles. The van der Waals surface area contributed by atoms with E-state index in [0.29, 0.717) is 49.2 Å². The van der Waals surface area contributed by atoms with Crippen LogP contribution < -0.4 is 9.16 Å². The number of benzene rings is 1. The molecule has 16 nitrogen and oxygen atoms in total. The molecule has 2 amide bonds. The van der Waals surface area contributed by atoms with Crippen molar-refractivity contribution in [3.05, 3.63) is 34.9 Å². The van der Waals surface area contributed by atoms with Crippen LogP contribution in [-0.2, 0) is 58.0 Å². The van der Waals surface area contributed by atoms with Crippen molar-refractivity contribution < 1.29 is 70.3 Å². The van der Waals surface area contributed by atoms with E-state index in [4.69, 9.17) is 55.9 Å². The third kappa shape index (κ3) is 23.4. The SMILES string of the molecule is C=C(C)C[C@H](OC)[C@H](OCOCC[Si](C)(C)C)C(=O)N(C(=O)OCC[Si](C)(C)C)[C@@H](OC)[C@@H]1C[C@@H](O[Si](C)(C)C(C)(C)C)C(C)(C)[C@@H](C[C@H](O[Si](C)(C)C(C)(C)C)[C@@H](C)[C@H]2Cc3c(C)c(OCOCC[Si](C)(C)C)cc(O[Si](C)(C)C(C)(C)C)c3C(=O)O2)O1. The van der Waals surface area contributed by atoms with Crippen LogP contribution in [0.4, 0.5) is 4.79 Å². The summed E-state index contributed by atoms with van der Waals surface area (Å²) in [7, 11) is -9.21. The highest BCUT2D eigenvalue weighted by molar-refractivity contribution is 6.77. The van der Waals surface area contributed by atoms with Gasteiger partial charge in [0, 0.05) is 81.9 Å². The molecule has 2 aliphatic rings. The summed E-state index contributed by atoms with van der Waals surface area (Å²) in [5.41, 5.74) is 2.14. The molecule has 516 valence electrons. The molecule has 0 aromatic heterocycles. The standard InChI is InChI=1S/C67H129NO15Si6/c1-46(2)39-54(72-16)59(78-45-75-34-37-85(21,22)23)60(69)68(63(71)76-35-38-86(24,25)26)61(73-17)55-43-57(83-89(31,32)66(11,12)13)67(14,15)56(79-55)42-52(81-87(27,28)64(5,6)7)48(4)51-40-49-47(3)50(77-44-74-33-36-84(18,19)20)41-53(58(49)62(70)80-51)82-88(29,30)65(8,9)10/h41,48,51-52,54-57,59,61H,1,33-40,42-45H2,2-32H3/t48-,51+,52-,54-,55-,56+,57+,59-,61-/m0/s1. The van der Waals surface area contributed by atoms with Gasteiger partial charge in [0.1, 0.15) is 36.1 Å². The van der Waals surface area contributed by atoms with Crippen molar-refractivity contribution in [2.45, 2.75) is 303 Å². The van der Waals surface area contributed by atoms with Crippen molar-refractivity contribution in [3.63, 3.8) is 0 Å².